The van der Waals surface area contributed by atoms with Crippen LogP contribution in [0.3, 0.4) is 0 Å². The van der Waals surface area contributed by atoms with Crippen LogP contribution in [0, 0.1) is 5.82 Å². The monoisotopic (exact) mass is 463 g/mol. The molecular weight excluding hydrogens is 437 g/mol. The number of amides is 1. The van der Waals surface area contributed by atoms with E-state index in [-0.39, 0.29) is 37.1 Å². The van der Waals surface area contributed by atoms with E-state index in [1.165, 1.54) is 11.1 Å². The summed E-state index contributed by atoms with van der Waals surface area (Å²) in [4.78, 5) is 21.3. The van der Waals surface area contributed by atoms with Crippen molar-refractivity contribution in [2.75, 3.05) is 13.2 Å². The van der Waals surface area contributed by atoms with Crippen molar-refractivity contribution in [1.29, 1.82) is 0 Å². The number of nitrogens with zero attached hydrogens (tertiary/aromatic N) is 4. The molecule has 1 aromatic heterocycles. The molecule has 0 aliphatic carbocycles. The van der Waals surface area contributed by atoms with Crippen LogP contribution in [0.2, 0.25) is 0 Å². The topological polar surface area (TPSA) is 117 Å². The number of fused-ring (bicyclic) bond motifs is 8. The lowest BCUT2D eigenvalue weighted by molar-refractivity contribution is -0.117. The second kappa shape index (κ2) is 9.74. The van der Waals surface area contributed by atoms with Gasteiger partial charge in [0.15, 0.2) is 0 Å². The third-order valence-corrected chi connectivity index (χ3v) is 5.38. The van der Waals surface area contributed by atoms with Crippen LogP contribution in [0.25, 0.3) is 5.57 Å². The average Bonchev–Trinajstić information content (AvgIpc) is 2.83. The van der Waals surface area contributed by atoms with Gasteiger partial charge in [-0.3, -0.25) is 4.79 Å². The summed E-state index contributed by atoms with van der Waals surface area (Å²) >= 11 is 0. The summed E-state index contributed by atoms with van der Waals surface area (Å²) in [5, 5.41) is 12.1. The Hall–Kier alpha value is -4.21. The molecule has 0 saturated heterocycles. The average molecular weight is 464 g/mol. The number of aromatic nitrogens is 1. The number of amidine groups is 1. The summed E-state index contributed by atoms with van der Waals surface area (Å²) in [5.41, 5.74) is 9.09. The number of aliphatic imine (C=N–C) groups is 1. The molecule has 4 N–H and O–H groups in total. The smallest absolute Gasteiger partial charge is 0.252 e. The Balaban J connectivity index is 1.79. The number of ether oxygens (including phenoxy) is 1. The van der Waals surface area contributed by atoms with E-state index in [4.69, 9.17) is 10.5 Å². The molecule has 3 aliphatic rings. The highest BCUT2D eigenvalue weighted by Gasteiger charge is 2.25. The van der Waals surface area contributed by atoms with Crippen molar-refractivity contribution in [3.8, 4) is 5.88 Å². The predicted molar refractivity (Wildman–Crippen MR) is 128 cm³/mol. The predicted octanol–water partition coefficient (Wildman–Crippen LogP) is 2.14. The minimum atomic E-state index is -0.490. The summed E-state index contributed by atoms with van der Waals surface area (Å²) in [6.45, 7) is 7.85. The van der Waals surface area contributed by atoms with Gasteiger partial charge in [0.25, 0.3) is 5.91 Å². The van der Waals surface area contributed by atoms with E-state index in [0.717, 1.165) is 11.8 Å². The molecule has 2 bridgehead atoms. The molecule has 5 rings (SSSR count). The summed E-state index contributed by atoms with van der Waals surface area (Å²) in [7, 11) is 0. The second-order valence-corrected chi connectivity index (χ2v) is 7.95. The van der Waals surface area contributed by atoms with Gasteiger partial charge in [0, 0.05) is 12.1 Å². The summed E-state index contributed by atoms with van der Waals surface area (Å²) in [6, 6.07) is 10.8. The van der Waals surface area contributed by atoms with E-state index in [2.05, 4.69) is 32.3 Å². The van der Waals surface area contributed by atoms with Gasteiger partial charge in [-0.15, -0.1) is 0 Å². The molecule has 10 heteroatoms. The van der Waals surface area contributed by atoms with Gasteiger partial charge in [-0.05, 0) is 25.5 Å². The first-order valence-electron chi connectivity index (χ1n) is 10.8. The lowest BCUT2D eigenvalue weighted by atomic mass is 10.0. The van der Waals surface area contributed by atoms with Crippen LogP contribution in [0.4, 0.5) is 4.39 Å². The molecule has 0 radical (unpaired) electrons. The van der Waals surface area contributed by atoms with Crippen molar-refractivity contribution in [3.63, 3.8) is 0 Å². The fourth-order valence-corrected chi connectivity index (χ4v) is 3.52. The second-order valence-electron chi connectivity index (χ2n) is 7.95. The van der Waals surface area contributed by atoms with Crippen LogP contribution >= 0.6 is 0 Å². The zero-order chi connectivity index (χ0) is 24.2. The van der Waals surface area contributed by atoms with Crippen LogP contribution in [-0.4, -0.2) is 46.8 Å². The number of hydrazone groups is 1. The number of hydrogen-bond donors (Lipinski definition) is 3. The van der Waals surface area contributed by atoms with E-state index < -0.39 is 11.9 Å². The lowest BCUT2D eigenvalue weighted by Crippen LogP contribution is -2.39. The standard InChI is InChI=1S/C24H26FN7O2/c1-14-10-28-23(33)15(2)16(3)31-32-13-30-22(20(21(32)26)17-7-5-4-6-8-17)27-11-18-9-19(25)12-29-24(18)34-14/h4-9,12,14H,2,10-11,13,26H2,1,3H3,(H,27,30)(H,28,33)/b31-16-/t14-/m0/s1. The highest BCUT2D eigenvalue weighted by molar-refractivity contribution is 6.24. The molecular formula is C24H26FN7O2. The van der Waals surface area contributed by atoms with E-state index in [1.54, 1.807) is 13.8 Å². The Morgan fingerprint density at radius 2 is 2.03 bits per heavy atom. The molecule has 0 spiro atoms. The minimum Gasteiger partial charge on any atom is -0.473 e. The zero-order valence-corrected chi connectivity index (χ0v) is 19.0. The number of rotatable bonds is 1. The maximum absolute atomic E-state index is 14.0. The molecule has 1 atom stereocenters. The quantitative estimate of drug-likeness (QED) is 0.558. The van der Waals surface area contributed by atoms with Crippen LogP contribution in [0.15, 0.2) is 70.7 Å². The van der Waals surface area contributed by atoms with Crippen molar-refractivity contribution in [1.82, 2.24) is 20.6 Å². The van der Waals surface area contributed by atoms with Crippen LogP contribution in [0.1, 0.15) is 25.0 Å². The first-order valence-corrected chi connectivity index (χ1v) is 10.8. The normalized spacial score (nSPS) is 21.0. The number of hydrogen-bond acceptors (Lipinski definition) is 8. The van der Waals surface area contributed by atoms with Gasteiger partial charge in [-0.25, -0.2) is 19.4 Å². The van der Waals surface area contributed by atoms with Crippen molar-refractivity contribution in [2.24, 2.45) is 15.8 Å². The van der Waals surface area contributed by atoms with E-state index in [0.29, 0.717) is 28.5 Å². The molecule has 1 amide bonds. The molecule has 0 unspecified atom stereocenters. The molecule has 2 aromatic rings. The van der Waals surface area contributed by atoms with Crippen molar-refractivity contribution < 1.29 is 13.9 Å². The van der Waals surface area contributed by atoms with Crippen molar-refractivity contribution in [3.05, 3.63) is 77.5 Å². The van der Waals surface area contributed by atoms with Gasteiger partial charge in [-0.1, -0.05) is 36.9 Å². The van der Waals surface area contributed by atoms with Gasteiger partial charge < -0.3 is 21.1 Å². The molecule has 0 fully saturated rings. The van der Waals surface area contributed by atoms with Crippen LogP contribution in [0.5, 0.6) is 5.88 Å². The van der Waals surface area contributed by atoms with Crippen molar-refractivity contribution >= 4 is 23.0 Å². The Labute approximate surface area is 196 Å². The largest absolute Gasteiger partial charge is 0.473 e. The summed E-state index contributed by atoms with van der Waals surface area (Å²) < 4.78 is 19.9. The van der Waals surface area contributed by atoms with Gasteiger partial charge in [0.1, 0.15) is 30.2 Å². The Morgan fingerprint density at radius 1 is 1.26 bits per heavy atom. The highest BCUT2D eigenvalue weighted by Crippen LogP contribution is 2.25. The Kier molecular flexibility index (Phi) is 6.58. The molecule has 1 aromatic carbocycles. The fourth-order valence-electron chi connectivity index (χ4n) is 3.52. The van der Waals surface area contributed by atoms with Gasteiger partial charge in [-0.2, -0.15) is 5.10 Å². The number of nitrogens with two attached hydrogens (primary N) is 1. The number of benzene rings is 1. The minimum absolute atomic E-state index is 0.124. The SMILES string of the molecule is C=C1C(=O)NC[C@H](C)Oc2ncc(F)cc2CNC2=NCN(/N=C\1C)C(N)=C2c1ccccc1. The number of pyridine rings is 1. The molecule has 9 nitrogen and oxygen atoms in total. The lowest BCUT2D eigenvalue weighted by Gasteiger charge is -2.28. The number of halogens is 1. The Bertz CT molecular complexity index is 1210. The summed E-state index contributed by atoms with van der Waals surface area (Å²) in [6.07, 6.45) is 0.666. The van der Waals surface area contributed by atoms with E-state index in [1.807, 2.05) is 30.3 Å². The molecule has 34 heavy (non-hydrogen) atoms. The molecule has 3 aliphatic heterocycles. The number of carbonyl (C=O) groups excluding carboxylic acids is 1. The van der Waals surface area contributed by atoms with E-state index >= 15 is 0 Å². The molecule has 0 saturated carbocycles. The van der Waals surface area contributed by atoms with Gasteiger partial charge in [0.2, 0.25) is 5.88 Å². The third-order valence-electron chi connectivity index (χ3n) is 5.38. The first-order chi connectivity index (χ1) is 16.3. The van der Waals surface area contributed by atoms with Gasteiger partial charge in [0.05, 0.1) is 29.6 Å². The Morgan fingerprint density at radius 3 is 2.79 bits per heavy atom. The maximum Gasteiger partial charge on any atom is 0.252 e. The third kappa shape index (κ3) is 4.90. The zero-order valence-electron chi connectivity index (χ0n) is 19.0. The molecule has 176 valence electrons. The summed E-state index contributed by atoms with van der Waals surface area (Å²) in [5.74, 6) is 0.265. The van der Waals surface area contributed by atoms with Crippen molar-refractivity contribution in [2.45, 2.75) is 26.5 Å². The van der Waals surface area contributed by atoms with Crippen LogP contribution in [-0.2, 0) is 11.3 Å². The number of nitrogens with one attached hydrogen (secondary N) is 2. The fraction of sp³-hybridized carbons (Fsp3) is 0.250. The number of carbonyl (C=O) groups is 1. The van der Waals surface area contributed by atoms with Gasteiger partial charge >= 0.3 is 0 Å². The maximum atomic E-state index is 14.0. The van der Waals surface area contributed by atoms with E-state index in [9.17, 15) is 9.18 Å². The first kappa shape index (κ1) is 23.0. The van der Waals surface area contributed by atoms with Crippen LogP contribution < -0.4 is 21.1 Å². The highest BCUT2D eigenvalue weighted by atomic mass is 19.1. The molecule has 4 heterocycles.